The van der Waals surface area contributed by atoms with E-state index in [0.29, 0.717) is 24.3 Å². The monoisotopic (exact) mass is 461 g/mol. The van der Waals surface area contributed by atoms with E-state index in [1.807, 2.05) is 24.0 Å². The number of benzene rings is 3. The second-order valence-electron chi connectivity index (χ2n) is 7.71. The normalized spacial score (nSPS) is 13.9. The van der Waals surface area contributed by atoms with Crippen LogP contribution in [-0.2, 0) is 0 Å². The van der Waals surface area contributed by atoms with Crippen LogP contribution in [0, 0.1) is 36.0 Å². The molecule has 0 spiro atoms. The number of hydrogen-bond acceptors (Lipinski definition) is 3. The molecule has 0 saturated carbocycles. The third-order valence-electron chi connectivity index (χ3n) is 5.66. The minimum atomic E-state index is -2.16. The summed E-state index contributed by atoms with van der Waals surface area (Å²) in [7, 11) is 0. The Bertz CT molecular complexity index is 1160. The minimum absolute atomic E-state index is 0.0735. The fourth-order valence-electron chi connectivity index (χ4n) is 3.84. The topological polar surface area (TPSA) is 35.6 Å². The molecule has 1 amide bonds. The van der Waals surface area contributed by atoms with Crippen molar-refractivity contribution in [2.75, 3.05) is 41.3 Å². The first-order valence-corrected chi connectivity index (χ1v) is 10.3. The van der Waals surface area contributed by atoms with Crippen molar-refractivity contribution in [3.8, 4) is 0 Å². The van der Waals surface area contributed by atoms with Crippen molar-refractivity contribution in [1.29, 1.82) is 0 Å². The van der Waals surface area contributed by atoms with Crippen LogP contribution in [0.5, 0.6) is 0 Å². The molecule has 0 aliphatic carbocycles. The Kier molecular flexibility index (Phi) is 6.22. The van der Waals surface area contributed by atoms with Crippen molar-refractivity contribution in [3.05, 3.63) is 88.7 Å². The molecule has 1 saturated heterocycles. The molecule has 1 fully saturated rings. The summed E-state index contributed by atoms with van der Waals surface area (Å²) in [5, 5.41) is 2.83. The van der Waals surface area contributed by atoms with E-state index in [2.05, 4.69) is 5.32 Å². The molecule has 3 aromatic rings. The molecule has 0 aromatic heterocycles. The van der Waals surface area contributed by atoms with Crippen molar-refractivity contribution in [2.24, 2.45) is 0 Å². The minimum Gasteiger partial charge on any atom is -0.368 e. The molecule has 0 atom stereocenters. The summed E-state index contributed by atoms with van der Waals surface area (Å²) in [4.78, 5) is 15.5. The van der Waals surface area contributed by atoms with Crippen molar-refractivity contribution in [3.63, 3.8) is 0 Å². The van der Waals surface area contributed by atoms with E-state index < -0.39 is 34.8 Å². The number of carbonyl (C=O) groups is 1. The average molecular weight is 461 g/mol. The molecule has 172 valence electrons. The van der Waals surface area contributed by atoms with Crippen LogP contribution in [0.1, 0.15) is 15.9 Å². The standard InChI is InChI=1S/C24H20F5N3O/c1-14-4-2-3-5-17(14)24(33)30-15-6-8-16(9-7-15)31-10-12-32(13-11-31)23-21(28)19(26)18(25)20(27)22(23)29/h2-9H,10-13H2,1H3,(H,30,33). The van der Waals surface area contributed by atoms with Crippen LogP contribution in [0.4, 0.5) is 39.0 Å². The highest BCUT2D eigenvalue weighted by Crippen LogP contribution is 2.31. The molecule has 4 nitrogen and oxygen atoms in total. The molecular formula is C24H20F5N3O. The van der Waals surface area contributed by atoms with E-state index in [9.17, 15) is 26.7 Å². The maximum absolute atomic E-state index is 14.1. The van der Waals surface area contributed by atoms with Gasteiger partial charge in [-0.3, -0.25) is 4.79 Å². The Morgan fingerprint density at radius 3 is 1.82 bits per heavy atom. The van der Waals surface area contributed by atoms with E-state index in [1.54, 1.807) is 36.4 Å². The second kappa shape index (κ2) is 9.09. The van der Waals surface area contributed by atoms with Crippen molar-refractivity contribution < 1.29 is 26.7 Å². The van der Waals surface area contributed by atoms with Crippen LogP contribution < -0.4 is 15.1 Å². The molecule has 1 heterocycles. The number of anilines is 3. The molecule has 33 heavy (non-hydrogen) atoms. The first-order valence-electron chi connectivity index (χ1n) is 10.3. The lowest BCUT2D eigenvalue weighted by atomic mass is 10.1. The summed E-state index contributed by atoms with van der Waals surface area (Å²) < 4.78 is 68.5. The largest absolute Gasteiger partial charge is 0.368 e. The zero-order valence-electron chi connectivity index (χ0n) is 17.6. The third-order valence-corrected chi connectivity index (χ3v) is 5.66. The number of nitrogens with one attached hydrogen (secondary N) is 1. The lowest BCUT2D eigenvalue weighted by Gasteiger charge is -2.37. The Balaban J connectivity index is 1.42. The fourth-order valence-corrected chi connectivity index (χ4v) is 3.84. The van der Waals surface area contributed by atoms with Gasteiger partial charge in [-0.05, 0) is 42.8 Å². The summed E-state index contributed by atoms with van der Waals surface area (Å²) in [5.41, 5.74) is 1.94. The van der Waals surface area contributed by atoms with Gasteiger partial charge in [0.05, 0.1) is 0 Å². The van der Waals surface area contributed by atoms with Crippen LogP contribution in [0.15, 0.2) is 48.5 Å². The molecule has 1 N–H and O–H groups in total. The maximum atomic E-state index is 14.1. The lowest BCUT2D eigenvalue weighted by Crippen LogP contribution is -2.47. The molecule has 0 unspecified atom stereocenters. The molecule has 0 radical (unpaired) electrons. The second-order valence-corrected chi connectivity index (χ2v) is 7.71. The predicted octanol–water partition coefficient (Wildman–Crippen LogP) is 5.27. The Morgan fingerprint density at radius 1 is 0.727 bits per heavy atom. The summed E-state index contributed by atoms with van der Waals surface area (Å²) in [6.45, 7) is 2.63. The fraction of sp³-hybridized carbons (Fsp3) is 0.208. The van der Waals surface area contributed by atoms with Gasteiger partial charge in [0.25, 0.3) is 5.91 Å². The third kappa shape index (κ3) is 4.35. The van der Waals surface area contributed by atoms with E-state index in [-0.39, 0.29) is 19.0 Å². The van der Waals surface area contributed by atoms with Gasteiger partial charge in [-0.1, -0.05) is 18.2 Å². The van der Waals surface area contributed by atoms with Gasteiger partial charge < -0.3 is 15.1 Å². The van der Waals surface area contributed by atoms with Gasteiger partial charge in [0.2, 0.25) is 5.82 Å². The number of nitrogens with zero attached hydrogens (tertiary/aromatic N) is 2. The summed E-state index contributed by atoms with van der Waals surface area (Å²) in [6.07, 6.45) is 0. The van der Waals surface area contributed by atoms with Crippen LogP contribution in [0.3, 0.4) is 0 Å². The number of halogens is 5. The number of aryl methyl sites for hydroxylation is 1. The van der Waals surface area contributed by atoms with Gasteiger partial charge >= 0.3 is 0 Å². The highest BCUT2D eigenvalue weighted by molar-refractivity contribution is 6.05. The SMILES string of the molecule is Cc1ccccc1C(=O)Nc1ccc(N2CCN(c3c(F)c(F)c(F)c(F)c3F)CC2)cc1. The molecule has 1 aliphatic rings. The van der Waals surface area contributed by atoms with Crippen LogP contribution in [0.2, 0.25) is 0 Å². The highest BCUT2D eigenvalue weighted by Gasteiger charge is 2.30. The zero-order chi connectivity index (χ0) is 23.7. The summed E-state index contributed by atoms with van der Waals surface area (Å²) in [5.74, 6) is -9.94. The molecule has 1 aliphatic heterocycles. The van der Waals surface area contributed by atoms with Gasteiger partial charge in [0.15, 0.2) is 23.3 Å². The summed E-state index contributed by atoms with van der Waals surface area (Å²) in [6, 6.07) is 14.3. The van der Waals surface area contributed by atoms with Gasteiger partial charge in [-0.15, -0.1) is 0 Å². The highest BCUT2D eigenvalue weighted by atomic mass is 19.2. The molecule has 0 bridgehead atoms. The van der Waals surface area contributed by atoms with Crippen molar-refractivity contribution >= 4 is 23.0 Å². The number of piperazine rings is 1. The first-order chi connectivity index (χ1) is 15.8. The molecule has 4 rings (SSSR count). The number of carbonyl (C=O) groups excluding carboxylic acids is 1. The Morgan fingerprint density at radius 2 is 1.24 bits per heavy atom. The number of amides is 1. The number of hydrogen-bond donors (Lipinski definition) is 1. The summed E-state index contributed by atoms with van der Waals surface area (Å²) >= 11 is 0. The van der Waals surface area contributed by atoms with Gasteiger partial charge in [0, 0.05) is 43.1 Å². The number of rotatable bonds is 4. The zero-order valence-corrected chi connectivity index (χ0v) is 17.6. The van der Waals surface area contributed by atoms with Crippen LogP contribution >= 0.6 is 0 Å². The van der Waals surface area contributed by atoms with Crippen LogP contribution in [-0.4, -0.2) is 32.1 Å². The first kappa shape index (κ1) is 22.6. The van der Waals surface area contributed by atoms with E-state index in [0.717, 1.165) is 16.2 Å². The van der Waals surface area contributed by atoms with Crippen LogP contribution in [0.25, 0.3) is 0 Å². The van der Waals surface area contributed by atoms with Crippen molar-refractivity contribution in [1.82, 2.24) is 0 Å². The quantitative estimate of drug-likeness (QED) is 0.327. The molecular weight excluding hydrogens is 441 g/mol. The van der Waals surface area contributed by atoms with Crippen molar-refractivity contribution in [2.45, 2.75) is 6.92 Å². The predicted molar refractivity (Wildman–Crippen MR) is 116 cm³/mol. The maximum Gasteiger partial charge on any atom is 0.255 e. The molecule has 9 heteroatoms. The van der Waals surface area contributed by atoms with Gasteiger partial charge in [0.1, 0.15) is 5.69 Å². The van der Waals surface area contributed by atoms with Gasteiger partial charge in [-0.25, -0.2) is 22.0 Å². The average Bonchev–Trinajstić information content (AvgIpc) is 2.83. The van der Waals surface area contributed by atoms with E-state index >= 15 is 0 Å². The van der Waals surface area contributed by atoms with E-state index in [4.69, 9.17) is 0 Å². The Hall–Kier alpha value is -3.62. The lowest BCUT2D eigenvalue weighted by molar-refractivity contribution is 0.102. The Labute approximate surface area is 187 Å². The molecule has 3 aromatic carbocycles. The van der Waals surface area contributed by atoms with E-state index in [1.165, 1.54) is 0 Å². The van der Waals surface area contributed by atoms with Gasteiger partial charge in [-0.2, -0.15) is 0 Å². The smallest absolute Gasteiger partial charge is 0.255 e.